The van der Waals surface area contributed by atoms with Crippen molar-refractivity contribution in [3.63, 3.8) is 0 Å². The van der Waals surface area contributed by atoms with Crippen molar-refractivity contribution in [1.29, 1.82) is 0 Å². The first kappa shape index (κ1) is 11.0. The molecule has 0 saturated carbocycles. The van der Waals surface area contributed by atoms with Gasteiger partial charge in [0.2, 0.25) is 5.88 Å². The maximum atomic E-state index is 5.65. The maximum Gasteiger partial charge on any atom is 0.214 e. The van der Waals surface area contributed by atoms with Crippen LogP contribution in [-0.4, -0.2) is 24.7 Å². The molecular weight excluding hydrogens is 200 g/mol. The molecule has 16 heavy (non-hydrogen) atoms. The summed E-state index contributed by atoms with van der Waals surface area (Å²) in [5, 5.41) is 3.33. The molecule has 1 aromatic rings. The van der Waals surface area contributed by atoms with Crippen molar-refractivity contribution in [1.82, 2.24) is 10.3 Å². The van der Waals surface area contributed by atoms with Gasteiger partial charge < -0.3 is 10.1 Å². The van der Waals surface area contributed by atoms with Crippen molar-refractivity contribution in [2.45, 2.75) is 12.8 Å². The van der Waals surface area contributed by atoms with Gasteiger partial charge in [0, 0.05) is 6.07 Å². The van der Waals surface area contributed by atoms with Crippen LogP contribution in [0.5, 0.6) is 5.88 Å². The molecule has 0 aromatic carbocycles. The molecule has 3 heteroatoms. The second-order valence-electron chi connectivity index (χ2n) is 4.01. The lowest BCUT2D eigenvalue weighted by atomic mass is 9.99. The minimum atomic E-state index is 0.628. The molecule has 0 spiro atoms. The molecule has 0 atom stereocenters. The van der Waals surface area contributed by atoms with Gasteiger partial charge in [-0.15, -0.1) is 6.42 Å². The van der Waals surface area contributed by atoms with E-state index >= 15 is 0 Å². The monoisotopic (exact) mass is 216 g/mol. The molecule has 0 amide bonds. The van der Waals surface area contributed by atoms with Crippen LogP contribution in [0, 0.1) is 18.3 Å². The Morgan fingerprint density at radius 2 is 2.25 bits per heavy atom. The van der Waals surface area contributed by atoms with E-state index in [4.69, 9.17) is 11.2 Å². The highest BCUT2D eigenvalue weighted by Crippen LogP contribution is 2.14. The third-order valence-corrected chi connectivity index (χ3v) is 2.80. The van der Waals surface area contributed by atoms with Crippen molar-refractivity contribution in [3.05, 3.63) is 23.9 Å². The van der Waals surface area contributed by atoms with Gasteiger partial charge in [0.05, 0.1) is 6.61 Å². The molecule has 1 aromatic heterocycles. The van der Waals surface area contributed by atoms with Gasteiger partial charge in [-0.05, 0) is 37.9 Å². The number of nitrogens with one attached hydrogen (secondary N) is 1. The minimum Gasteiger partial charge on any atom is -0.477 e. The zero-order valence-electron chi connectivity index (χ0n) is 9.28. The molecule has 1 N–H and O–H groups in total. The lowest BCUT2D eigenvalue weighted by Gasteiger charge is -2.22. The summed E-state index contributed by atoms with van der Waals surface area (Å²) in [6, 6.07) is 5.53. The first-order valence-corrected chi connectivity index (χ1v) is 5.65. The van der Waals surface area contributed by atoms with Crippen LogP contribution in [0.1, 0.15) is 18.5 Å². The van der Waals surface area contributed by atoms with E-state index in [-0.39, 0.29) is 0 Å². The van der Waals surface area contributed by atoms with Gasteiger partial charge in [-0.1, -0.05) is 12.0 Å². The molecule has 1 fully saturated rings. The Hall–Kier alpha value is -1.53. The number of hydrogen-bond donors (Lipinski definition) is 1. The van der Waals surface area contributed by atoms with E-state index in [2.05, 4.69) is 16.2 Å². The van der Waals surface area contributed by atoms with Crippen LogP contribution in [0.4, 0.5) is 0 Å². The fourth-order valence-electron chi connectivity index (χ4n) is 1.83. The van der Waals surface area contributed by atoms with E-state index in [1.807, 2.05) is 12.1 Å². The van der Waals surface area contributed by atoms with Gasteiger partial charge in [-0.25, -0.2) is 4.98 Å². The molecule has 2 rings (SSSR count). The molecule has 1 aliphatic heterocycles. The van der Waals surface area contributed by atoms with E-state index in [0.717, 1.165) is 19.7 Å². The topological polar surface area (TPSA) is 34.1 Å². The van der Waals surface area contributed by atoms with E-state index in [1.54, 1.807) is 6.07 Å². The summed E-state index contributed by atoms with van der Waals surface area (Å²) in [4.78, 5) is 4.20. The molecular formula is C13H16N2O. The summed E-state index contributed by atoms with van der Waals surface area (Å²) in [7, 11) is 0. The smallest absolute Gasteiger partial charge is 0.214 e. The Labute approximate surface area is 96.2 Å². The molecule has 0 aliphatic carbocycles. The Morgan fingerprint density at radius 1 is 1.44 bits per heavy atom. The van der Waals surface area contributed by atoms with E-state index < -0.39 is 0 Å². The first-order chi connectivity index (χ1) is 7.88. The highest BCUT2D eigenvalue weighted by Gasteiger charge is 2.13. The number of nitrogens with zero attached hydrogens (tertiary/aromatic N) is 1. The Bertz CT molecular complexity index is 378. The Morgan fingerprint density at radius 3 is 3.00 bits per heavy atom. The van der Waals surface area contributed by atoms with Crippen molar-refractivity contribution < 1.29 is 4.74 Å². The highest BCUT2D eigenvalue weighted by atomic mass is 16.5. The van der Waals surface area contributed by atoms with Crippen LogP contribution in [0.3, 0.4) is 0 Å². The normalized spacial score (nSPS) is 16.7. The Kier molecular flexibility index (Phi) is 3.79. The summed E-state index contributed by atoms with van der Waals surface area (Å²) in [5.74, 6) is 3.77. The average molecular weight is 216 g/mol. The van der Waals surface area contributed by atoms with Crippen molar-refractivity contribution in [2.75, 3.05) is 19.7 Å². The van der Waals surface area contributed by atoms with E-state index in [0.29, 0.717) is 17.5 Å². The summed E-state index contributed by atoms with van der Waals surface area (Å²) in [6.07, 6.45) is 7.63. The van der Waals surface area contributed by atoms with E-state index in [1.165, 1.54) is 12.8 Å². The average Bonchev–Trinajstić information content (AvgIpc) is 2.38. The summed E-state index contributed by atoms with van der Waals surface area (Å²) >= 11 is 0. The van der Waals surface area contributed by atoms with Gasteiger partial charge in [0.25, 0.3) is 0 Å². The second-order valence-corrected chi connectivity index (χ2v) is 4.01. The third-order valence-electron chi connectivity index (χ3n) is 2.80. The van der Waals surface area contributed by atoms with Crippen LogP contribution in [0.15, 0.2) is 18.2 Å². The first-order valence-electron chi connectivity index (χ1n) is 5.65. The quantitative estimate of drug-likeness (QED) is 0.776. The maximum absolute atomic E-state index is 5.65. The molecule has 3 nitrogen and oxygen atoms in total. The van der Waals surface area contributed by atoms with Crippen LogP contribution >= 0.6 is 0 Å². The number of pyridine rings is 1. The fraction of sp³-hybridized carbons (Fsp3) is 0.462. The third kappa shape index (κ3) is 2.98. The molecule has 0 unspecified atom stereocenters. The second kappa shape index (κ2) is 5.53. The largest absolute Gasteiger partial charge is 0.477 e. The van der Waals surface area contributed by atoms with Crippen molar-refractivity contribution in [2.24, 2.45) is 5.92 Å². The zero-order valence-corrected chi connectivity index (χ0v) is 9.28. The molecule has 0 bridgehead atoms. The van der Waals surface area contributed by atoms with E-state index in [9.17, 15) is 0 Å². The number of ether oxygens (including phenoxy) is 1. The lowest BCUT2D eigenvalue weighted by Crippen LogP contribution is -2.30. The van der Waals surface area contributed by atoms with Gasteiger partial charge in [0.15, 0.2) is 0 Å². The number of piperidine rings is 1. The Balaban J connectivity index is 1.86. The van der Waals surface area contributed by atoms with Crippen LogP contribution in [-0.2, 0) is 0 Å². The SMILES string of the molecule is C#Cc1cccc(OCC2CCNCC2)n1. The number of hydrogen-bond acceptors (Lipinski definition) is 3. The molecule has 1 saturated heterocycles. The minimum absolute atomic E-state index is 0.628. The van der Waals surface area contributed by atoms with Gasteiger partial charge in [-0.2, -0.15) is 0 Å². The highest BCUT2D eigenvalue weighted by molar-refractivity contribution is 5.27. The molecule has 2 heterocycles. The fourth-order valence-corrected chi connectivity index (χ4v) is 1.83. The molecule has 84 valence electrons. The van der Waals surface area contributed by atoms with Gasteiger partial charge in [-0.3, -0.25) is 0 Å². The lowest BCUT2D eigenvalue weighted by molar-refractivity contribution is 0.209. The summed E-state index contributed by atoms with van der Waals surface area (Å²) in [6.45, 7) is 2.92. The standard InChI is InChI=1S/C13H16N2O/c1-2-12-4-3-5-13(15-12)16-10-11-6-8-14-9-7-11/h1,3-5,11,14H,6-10H2. The van der Waals surface area contributed by atoms with Crippen LogP contribution in [0.25, 0.3) is 0 Å². The predicted molar refractivity (Wildman–Crippen MR) is 63.3 cm³/mol. The molecule has 0 radical (unpaired) electrons. The zero-order chi connectivity index (χ0) is 11.2. The predicted octanol–water partition coefficient (Wildman–Crippen LogP) is 1.44. The van der Waals surface area contributed by atoms with Crippen molar-refractivity contribution >= 4 is 0 Å². The summed E-state index contributed by atoms with van der Waals surface area (Å²) < 4.78 is 5.65. The van der Waals surface area contributed by atoms with Crippen molar-refractivity contribution in [3.8, 4) is 18.2 Å². The van der Waals surface area contributed by atoms with Gasteiger partial charge >= 0.3 is 0 Å². The number of rotatable bonds is 3. The van der Waals surface area contributed by atoms with Crippen LogP contribution in [0.2, 0.25) is 0 Å². The molecule has 1 aliphatic rings. The van der Waals surface area contributed by atoms with Gasteiger partial charge in [0.1, 0.15) is 5.69 Å². The number of terminal acetylenes is 1. The van der Waals surface area contributed by atoms with Crippen LogP contribution < -0.4 is 10.1 Å². The summed E-state index contributed by atoms with van der Waals surface area (Å²) in [5.41, 5.74) is 0.628. The number of aromatic nitrogens is 1.